The summed E-state index contributed by atoms with van der Waals surface area (Å²) in [6.45, 7) is 8.08. The van der Waals surface area contributed by atoms with Crippen LogP contribution in [0.2, 0.25) is 0 Å². The molecule has 0 unspecified atom stereocenters. The highest BCUT2D eigenvalue weighted by Gasteiger charge is 2.02. The van der Waals surface area contributed by atoms with E-state index in [9.17, 15) is 0 Å². The number of aliphatic imine (C=N–C) groups is 1. The molecule has 0 amide bonds. The topological polar surface area (TPSA) is 25.2 Å². The zero-order valence-corrected chi connectivity index (χ0v) is 10.7. The molecule has 2 rings (SSSR count). The van der Waals surface area contributed by atoms with Crippen LogP contribution in [0, 0.1) is 6.92 Å². The van der Waals surface area contributed by atoms with Gasteiger partial charge in [0.2, 0.25) is 0 Å². The van der Waals surface area contributed by atoms with Crippen molar-refractivity contribution in [3.05, 3.63) is 72.1 Å². The van der Waals surface area contributed by atoms with Crippen molar-refractivity contribution in [2.24, 2.45) is 4.99 Å². The molecule has 1 aromatic carbocycles. The fourth-order valence-electron chi connectivity index (χ4n) is 1.84. The smallest absolute Gasteiger partial charge is 0.0649 e. The highest BCUT2D eigenvalue weighted by Crippen LogP contribution is 2.15. The van der Waals surface area contributed by atoms with E-state index in [1.54, 1.807) is 12.4 Å². The van der Waals surface area contributed by atoms with E-state index in [2.05, 4.69) is 35.6 Å². The number of aryl methyl sites for hydroxylation is 1. The molecule has 0 aliphatic rings. The van der Waals surface area contributed by atoms with Crippen molar-refractivity contribution in [2.75, 3.05) is 0 Å². The summed E-state index contributed by atoms with van der Waals surface area (Å²) in [6, 6.07) is 12.1. The summed E-state index contributed by atoms with van der Waals surface area (Å²) in [5, 5.41) is 0. The van der Waals surface area contributed by atoms with Crippen molar-refractivity contribution >= 4 is 11.4 Å². The Balaban J connectivity index is 2.30. The van der Waals surface area contributed by atoms with Gasteiger partial charge in [-0.3, -0.25) is 9.98 Å². The highest BCUT2D eigenvalue weighted by molar-refractivity contribution is 6.02. The maximum Gasteiger partial charge on any atom is 0.0649 e. The summed E-state index contributed by atoms with van der Waals surface area (Å²) in [5.41, 5.74) is 5.04. The number of benzene rings is 1. The molecule has 2 nitrogen and oxygen atoms in total. The first-order valence-electron chi connectivity index (χ1n) is 5.89. The zero-order chi connectivity index (χ0) is 13.0. The molecular weight excluding hydrogens is 220 g/mol. The lowest BCUT2D eigenvalue weighted by atomic mass is 10.1. The molecule has 0 atom stereocenters. The fourth-order valence-corrected chi connectivity index (χ4v) is 1.84. The third-order valence-corrected chi connectivity index (χ3v) is 2.83. The van der Waals surface area contributed by atoms with Gasteiger partial charge in [0.1, 0.15) is 0 Å². The first-order valence-corrected chi connectivity index (χ1v) is 5.89. The van der Waals surface area contributed by atoms with Gasteiger partial charge in [-0.25, -0.2) is 0 Å². The molecule has 0 saturated heterocycles. The third-order valence-electron chi connectivity index (χ3n) is 2.83. The number of hydrogen-bond acceptors (Lipinski definition) is 2. The molecule has 1 aromatic heterocycles. The maximum absolute atomic E-state index is 4.56. The van der Waals surface area contributed by atoms with Crippen molar-refractivity contribution in [2.45, 2.75) is 13.8 Å². The monoisotopic (exact) mass is 236 g/mol. The molecule has 2 aromatic rings. The van der Waals surface area contributed by atoms with E-state index in [4.69, 9.17) is 0 Å². The number of rotatable bonds is 3. The Morgan fingerprint density at radius 3 is 2.61 bits per heavy atom. The van der Waals surface area contributed by atoms with Crippen LogP contribution in [-0.2, 0) is 0 Å². The molecule has 0 radical (unpaired) electrons. The molecule has 2 heteroatoms. The number of nitrogens with zero attached hydrogens (tertiary/aromatic N) is 2. The SMILES string of the molecule is C=C(N=C(C)c1ccccc1C)c1cccnc1. The molecule has 0 fully saturated rings. The van der Waals surface area contributed by atoms with Crippen molar-refractivity contribution < 1.29 is 0 Å². The summed E-state index contributed by atoms with van der Waals surface area (Å²) in [7, 11) is 0. The van der Waals surface area contributed by atoms with Crippen LogP contribution in [0.25, 0.3) is 5.70 Å². The second-order valence-electron chi connectivity index (χ2n) is 4.20. The van der Waals surface area contributed by atoms with Gasteiger partial charge in [-0.2, -0.15) is 0 Å². The van der Waals surface area contributed by atoms with Gasteiger partial charge in [-0.15, -0.1) is 0 Å². The molecule has 0 spiro atoms. The summed E-state index contributed by atoms with van der Waals surface area (Å²) >= 11 is 0. The van der Waals surface area contributed by atoms with Gasteiger partial charge in [0, 0.05) is 23.7 Å². The van der Waals surface area contributed by atoms with Gasteiger partial charge in [-0.1, -0.05) is 30.8 Å². The van der Waals surface area contributed by atoms with E-state index in [0.717, 1.165) is 22.5 Å². The van der Waals surface area contributed by atoms with E-state index < -0.39 is 0 Å². The molecule has 90 valence electrons. The molecule has 18 heavy (non-hydrogen) atoms. The molecule has 0 saturated carbocycles. The van der Waals surface area contributed by atoms with E-state index in [0.29, 0.717) is 0 Å². The molecule has 0 aliphatic heterocycles. The summed E-state index contributed by atoms with van der Waals surface area (Å²) in [6.07, 6.45) is 3.52. The van der Waals surface area contributed by atoms with Gasteiger partial charge >= 0.3 is 0 Å². The van der Waals surface area contributed by atoms with Crippen molar-refractivity contribution in [1.29, 1.82) is 0 Å². The predicted molar refractivity (Wildman–Crippen MR) is 76.7 cm³/mol. The Labute approximate surface area is 108 Å². The predicted octanol–water partition coefficient (Wildman–Crippen LogP) is 3.87. The Morgan fingerprint density at radius 2 is 1.94 bits per heavy atom. The normalized spacial score (nSPS) is 11.3. The molecule has 0 aliphatic carbocycles. The Bertz CT molecular complexity index is 583. The van der Waals surface area contributed by atoms with Crippen molar-refractivity contribution in [3.8, 4) is 0 Å². The van der Waals surface area contributed by atoms with Crippen LogP contribution < -0.4 is 0 Å². The number of pyridine rings is 1. The number of aromatic nitrogens is 1. The van der Waals surface area contributed by atoms with Gasteiger partial charge in [0.15, 0.2) is 0 Å². The Kier molecular flexibility index (Phi) is 3.68. The summed E-state index contributed by atoms with van der Waals surface area (Å²) in [5.74, 6) is 0. The molecule has 1 heterocycles. The summed E-state index contributed by atoms with van der Waals surface area (Å²) in [4.78, 5) is 8.63. The second-order valence-corrected chi connectivity index (χ2v) is 4.20. The molecule has 0 bridgehead atoms. The second kappa shape index (κ2) is 5.41. The summed E-state index contributed by atoms with van der Waals surface area (Å²) < 4.78 is 0. The average Bonchev–Trinajstić information content (AvgIpc) is 2.40. The maximum atomic E-state index is 4.56. The standard InChI is InChI=1S/C16H16N2/c1-12-7-4-5-9-16(12)14(3)18-13(2)15-8-6-10-17-11-15/h4-11H,2H2,1,3H3. The van der Waals surface area contributed by atoms with Crippen LogP contribution in [-0.4, -0.2) is 10.7 Å². The fraction of sp³-hybridized carbons (Fsp3) is 0.125. The van der Waals surface area contributed by atoms with Gasteiger partial charge < -0.3 is 0 Å². The largest absolute Gasteiger partial charge is 0.264 e. The average molecular weight is 236 g/mol. The van der Waals surface area contributed by atoms with Crippen LogP contribution in [0.4, 0.5) is 0 Å². The minimum Gasteiger partial charge on any atom is -0.264 e. The van der Waals surface area contributed by atoms with E-state index >= 15 is 0 Å². The third kappa shape index (κ3) is 2.72. The Hall–Kier alpha value is -2.22. The lowest BCUT2D eigenvalue weighted by molar-refractivity contribution is 1.30. The molecule has 0 N–H and O–H groups in total. The van der Waals surface area contributed by atoms with Crippen LogP contribution in [0.3, 0.4) is 0 Å². The zero-order valence-electron chi connectivity index (χ0n) is 10.7. The van der Waals surface area contributed by atoms with Crippen molar-refractivity contribution in [3.63, 3.8) is 0 Å². The van der Waals surface area contributed by atoms with E-state index in [-0.39, 0.29) is 0 Å². The van der Waals surface area contributed by atoms with E-state index in [1.807, 2.05) is 31.2 Å². The lowest BCUT2D eigenvalue weighted by Gasteiger charge is -2.06. The lowest BCUT2D eigenvalue weighted by Crippen LogP contribution is -1.98. The van der Waals surface area contributed by atoms with Gasteiger partial charge in [0.25, 0.3) is 0 Å². The van der Waals surface area contributed by atoms with E-state index in [1.165, 1.54) is 5.56 Å². The number of hydrogen-bond donors (Lipinski definition) is 0. The minimum absolute atomic E-state index is 0.740. The van der Waals surface area contributed by atoms with Crippen LogP contribution in [0.1, 0.15) is 23.6 Å². The van der Waals surface area contributed by atoms with Crippen LogP contribution in [0.5, 0.6) is 0 Å². The van der Waals surface area contributed by atoms with Crippen LogP contribution in [0.15, 0.2) is 60.4 Å². The van der Waals surface area contributed by atoms with Gasteiger partial charge in [-0.05, 0) is 37.1 Å². The van der Waals surface area contributed by atoms with Crippen LogP contribution >= 0.6 is 0 Å². The first-order chi connectivity index (χ1) is 8.68. The minimum atomic E-state index is 0.740. The highest BCUT2D eigenvalue weighted by atomic mass is 14.8. The first kappa shape index (κ1) is 12.2. The molecular formula is C16H16N2. The van der Waals surface area contributed by atoms with Crippen molar-refractivity contribution in [1.82, 2.24) is 4.98 Å². The quantitative estimate of drug-likeness (QED) is 0.743. The Morgan fingerprint density at radius 1 is 1.17 bits per heavy atom. The van der Waals surface area contributed by atoms with Gasteiger partial charge in [0.05, 0.1) is 5.70 Å².